The zero-order chi connectivity index (χ0) is 16.0. The Morgan fingerprint density at radius 2 is 1.50 bits per heavy atom. The third-order valence-corrected chi connectivity index (χ3v) is 1.71. The number of alkyl carbamates (subject to hydrolysis) is 1. The lowest BCUT2D eigenvalue weighted by Gasteiger charge is -2.24. The van der Waals surface area contributed by atoms with Crippen LogP contribution in [0.25, 0.3) is 0 Å². The lowest BCUT2D eigenvalue weighted by molar-refractivity contribution is -0.129. The second-order valence-corrected chi connectivity index (χ2v) is 6.24. The predicted octanol–water partition coefficient (Wildman–Crippen LogP) is 2.31. The molecule has 0 spiro atoms. The van der Waals surface area contributed by atoms with Crippen molar-refractivity contribution >= 4 is 12.2 Å². The molecule has 0 atom stereocenters. The van der Waals surface area contributed by atoms with E-state index in [9.17, 15) is 9.59 Å². The number of nitrogens with one attached hydrogen (secondary N) is 1. The topological polar surface area (TPSA) is 77.1 Å². The van der Waals surface area contributed by atoms with Crippen molar-refractivity contribution in [3.8, 4) is 0 Å². The predicted molar refractivity (Wildman–Crippen MR) is 74.2 cm³/mol. The first-order chi connectivity index (χ1) is 8.91. The summed E-state index contributed by atoms with van der Waals surface area (Å²) in [5.41, 5.74) is -1.12. The first kappa shape index (κ1) is 18.5. The molecule has 1 N–H and O–H groups in total. The highest BCUT2D eigenvalue weighted by Gasteiger charge is 2.20. The Kier molecular flexibility index (Phi) is 6.78. The van der Waals surface area contributed by atoms with Gasteiger partial charge in [0.2, 0.25) is 0 Å². The molecule has 0 aliphatic carbocycles. The van der Waals surface area contributed by atoms with Gasteiger partial charge in [-0.3, -0.25) is 4.84 Å². The fraction of sp³-hybridized carbons (Fsp3) is 0.846. The van der Waals surface area contributed by atoms with Crippen LogP contribution in [0.4, 0.5) is 9.59 Å². The fourth-order valence-corrected chi connectivity index (χ4v) is 1.03. The van der Waals surface area contributed by atoms with Crippen molar-refractivity contribution in [2.75, 3.05) is 20.2 Å². The Morgan fingerprint density at radius 3 is 1.95 bits per heavy atom. The quantitative estimate of drug-likeness (QED) is 0.635. The van der Waals surface area contributed by atoms with Crippen LogP contribution in [-0.2, 0) is 14.3 Å². The SMILES string of the molecule is CN(OCCNC(=O)OC(C)(C)C)C(=O)OC(C)(C)C. The maximum atomic E-state index is 11.5. The van der Waals surface area contributed by atoms with Crippen LogP contribution in [0.3, 0.4) is 0 Å². The Labute approximate surface area is 120 Å². The summed E-state index contributed by atoms with van der Waals surface area (Å²) in [6, 6.07) is 0. The van der Waals surface area contributed by atoms with Gasteiger partial charge in [-0.2, -0.15) is 5.06 Å². The molecule has 0 aliphatic heterocycles. The van der Waals surface area contributed by atoms with E-state index in [1.807, 2.05) is 0 Å². The van der Waals surface area contributed by atoms with Crippen molar-refractivity contribution in [2.45, 2.75) is 52.7 Å². The van der Waals surface area contributed by atoms with Crippen molar-refractivity contribution in [1.29, 1.82) is 0 Å². The summed E-state index contributed by atoms with van der Waals surface area (Å²) in [5.74, 6) is 0. The minimum atomic E-state index is -0.588. The molecule has 7 nitrogen and oxygen atoms in total. The van der Waals surface area contributed by atoms with Crippen LogP contribution in [0.2, 0.25) is 0 Å². The molecule has 0 aromatic heterocycles. The van der Waals surface area contributed by atoms with Crippen LogP contribution in [-0.4, -0.2) is 48.7 Å². The van der Waals surface area contributed by atoms with Gasteiger partial charge in [-0.05, 0) is 41.5 Å². The van der Waals surface area contributed by atoms with Crippen LogP contribution in [0.15, 0.2) is 0 Å². The van der Waals surface area contributed by atoms with Gasteiger partial charge in [-0.1, -0.05) is 0 Å². The molecule has 0 aromatic rings. The number of carbonyl (C=O) groups is 2. The largest absolute Gasteiger partial charge is 0.444 e. The molecule has 0 fully saturated rings. The van der Waals surface area contributed by atoms with E-state index in [4.69, 9.17) is 14.3 Å². The summed E-state index contributed by atoms with van der Waals surface area (Å²) < 4.78 is 10.1. The second-order valence-electron chi connectivity index (χ2n) is 6.24. The number of hydrogen-bond donors (Lipinski definition) is 1. The van der Waals surface area contributed by atoms with Crippen molar-refractivity contribution in [2.24, 2.45) is 0 Å². The standard InChI is InChI=1S/C13H26N2O5/c1-12(2,3)19-10(16)14-8-9-18-15(7)11(17)20-13(4,5)6/h8-9H2,1-7H3,(H,14,16). The first-order valence-corrected chi connectivity index (χ1v) is 6.47. The van der Waals surface area contributed by atoms with Gasteiger partial charge in [-0.25, -0.2) is 9.59 Å². The summed E-state index contributed by atoms with van der Waals surface area (Å²) in [6.45, 7) is 11.0. The Hall–Kier alpha value is -1.50. The fourth-order valence-electron chi connectivity index (χ4n) is 1.03. The molecule has 2 amide bonds. The number of ether oxygens (including phenoxy) is 2. The highest BCUT2D eigenvalue weighted by molar-refractivity contribution is 5.67. The van der Waals surface area contributed by atoms with Gasteiger partial charge in [0.05, 0.1) is 6.61 Å². The van der Waals surface area contributed by atoms with Gasteiger partial charge in [0, 0.05) is 13.6 Å². The van der Waals surface area contributed by atoms with E-state index in [2.05, 4.69) is 5.32 Å². The van der Waals surface area contributed by atoms with Crippen LogP contribution in [0.1, 0.15) is 41.5 Å². The van der Waals surface area contributed by atoms with Crippen molar-refractivity contribution in [3.05, 3.63) is 0 Å². The maximum absolute atomic E-state index is 11.5. The average Bonchev–Trinajstić information content (AvgIpc) is 2.18. The first-order valence-electron chi connectivity index (χ1n) is 6.47. The van der Waals surface area contributed by atoms with E-state index in [1.165, 1.54) is 7.05 Å². The summed E-state index contributed by atoms with van der Waals surface area (Å²) >= 11 is 0. The minimum absolute atomic E-state index is 0.134. The molecule has 0 saturated heterocycles. The number of carbonyl (C=O) groups excluding carboxylic acids is 2. The summed E-state index contributed by atoms with van der Waals surface area (Å²) in [4.78, 5) is 28.0. The van der Waals surface area contributed by atoms with Crippen molar-refractivity contribution in [3.63, 3.8) is 0 Å². The van der Waals surface area contributed by atoms with E-state index in [0.717, 1.165) is 5.06 Å². The minimum Gasteiger partial charge on any atom is -0.444 e. The van der Waals surface area contributed by atoms with Gasteiger partial charge in [0.15, 0.2) is 0 Å². The molecule has 20 heavy (non-hydrogen) atoms. The van der Waals surface area contributed by atoms with Gasteiger partial charge < -0.3 is 14.8 Å². The van der Waals surface area contributed by atoms with E-state index >= 15 is 0 Å². The van der Waals surface area contributed by atoms with Gasteiger partial charge in [-0.15, -0.1) is 0 Å². The average molecular weight is 290 g/mol. The van der Waals surface area contributed by atoms with Crippen LogP contribution in [0, 0.1) is 0 Å². The molecular weight excluding hydrogens is 264 g/mol. The molecule has 0 unspecified atom stereocenters. The molecule has 0 rings (SSSR count). The molecule has 0 radical (unpaired) electrons. The zero-order valence-electron chi connectivity index (χ0n) is 13.4. The Bertz CT molecular complexity index is 331. The zero-order valence-corrected chi connectivity index (χ0v) is 13.4. The molecular formula is C13H26N2O5. The number of nitrogens with zero attached hydrogens (tertiary/aromatic N) is 1. The molecule has 0 aliphatic rings. The second kappa shape index (κ2) is 7.33. The van der Waals surface area contributed by atoms with Gasteiger partial charge >= 0.3 is 12.2 Å². The molecule has 0 bridgehead atoms. The number of amides is 2. The lowest BCUT2D eigenvalue weighted by Crippen LogP contribution is -2.37. The van der Waals surface area contributed by atoms with Crippen molar-refractivity contribution < 1.29 is 23.9 Å². The molecule has 0 aromatic carbocycles. The summed E-state index contributed by atoms with van der Waals surface area (Å²) in [5, 5.41) is 3.50. The third-order valence-electron chi connectivity index (χ3n) is 1.71. The smallest absolute Gasteiger partial charge is 0.434 e. The highest BCUT2D eigenvalue weighted by Crippen LogP contribution is 2.09. The van der Waals surface area contributed by atoms with E-state index in [-0.39, 0.29) is 13.2 Å². The summed E-state index contributed by atoms with van der Waals surface area (Å²) in [6.07, 6.45) is -1.12. The summed E-state index contributed by atoms with van der Waals surface area (Å²) in [7, 11) is 1.45. The Morgan fingerprint density at radius 1 is 1.00 bits per heavy atom. The normalized spacial score (nSPS) is 11.8. The van der Waals surface area contributed by atoms with Crippen molar-refractivity contribution in [1.82, 2.24) is 10.4 Å². The lowest BCUT2D eigenvalue weighted by atomic mass is 10.2. The van der Waals surface area contributed by atoms with Crippen LogP contribution < -0.4 is 5.32 Å². The van der Waals surface area contributed by atoms with Crippen LogP contribution in [0.5, 0.6) is 0 Å². The number of rotatable bonds is 4. The van der Waals surface area contributed by atoms with E-state index < -0.39 is 23.4 Å². The highest BCUT2D eigenvalue weighted by atomic mass is 16.7. The molecule has 0 saturated carbocycles. The third kappa shape index (κ3) is 10.4. The van der Waals surface area contributed by atoms with Gasteiger partial charge in [0.25, 0.3) is 0 Å². The van der Waals surface area contributed by atoms with E-state index in [0.29, 0.717) is 0 Å². The van der Waals surface area contributed by atoms with E-state index in [1.54, 1.807) is 41.5 Å². The number of hydrogen-bond acceptors (Lipinski definition) is 5. The monoisotopic (exact) mass is 290 g/mol. The van der Waals surface area contributed by atoms with Gasteiger partial charge in [0.1, 0.15) is 11.2 Å². The Balaban J connectivity index is 3.85. The maximum Gasteiger partial charge on any atom is 0.434 e. The molecule has 7 heteroatoms. The molecule has 0 heterocycles. The molecule has 118 valence electrons. The van der Waals surface area contributed by atoms with Crippen LogP contribution >= 0.6 is 0 Å². The number of hydroxylamine groups is 2.